The van der Waals surface area contributed by atoms with E-state index in [2.05, 4.69) is 10.6 Å². The molecule has 2 aliphatic rings. The summed E-state index contributed by atoms with van der Waals surface area (Å²) in [6.45, 7) is 4.98. The zero-order valence-electron chi connectivity index (χ0n) is 13.4. The molecule has 2 N–H and O–H groups in total. The lowest BCUT2D eigenvalue weighted by molar-refractivity contribution is -0.132. The molecule has 2 fully saturated rings. The van der Waals surface area contributed by atoms with E-state index in [0.717, 1.165) is 0 Å². The van der Waals surface area contributed by atoms with Gasteiger partial charge in [0.15, 0.2) is 0 Å². The van der Waals surface area contributed by atoms with Crippen LogP contribution in [0.2, 0.25) is 0 Å². The van der Waals surface area contributed by atoms with E-state index >= 15 is 0 Å². The summed E-state index contributed by atoms with van der Waals surface area (Å²) in [4.78, 5) is 37.8. The SMILES string of the molecule is CC1(C)CN(c2ccccc2NC(=O)C2CCNC(=O)C2)C1=O. The number of anilines is 2. The Balaban J connectivity index is 1.75. The summed E-state index contributed by atoms with van der Waals surface area (Å²) in [5.74, 6) is -0.527. The Hall–Kier alpha value is -2.37. The first-order chi connectivity index (χ1) is 10.9. The first-order valence-corrected chi connectivity index (χ1v) is 7.87. The highest BCUT2D eigenvalue weighted by molar-refractivity contribution is 6.08. The molecular weight excluding hydrogens is 294 g/mol. The highest BCUT2D eigenvalue weighted by Gasteiger charge is 2.45. The van der Waals surface area contributed by atoms with Gasteiger partial charge in [0.25, 0.3) is 0 Å². The van der Waals surface area contributed by atoms with Crippen molar-refractivity contribution in [2.24, 2.45) is 11.3 Å². The van der Waals surface area contributed by atoms with Crippen LogP contribution in [0.15, 0.2) is 24.3 Å². The molecule has 1 aromatic rings. The maximum Gasteiger partial charge on any atom is 0.234 e. The van der Waals surface area contributed by atoms with Crippen LogP contribution in [0.25, 0.3) is 0 Å². The number of hydrogen-bond acceptors (Lipinski definition) is 3. The number of piperidine rings is 1. The fourth-order valence-corrected chi connectivity index (χ4v) is 3.06. The lowest BCUT2D eigenvalue weighted by atomic mass is 9.82. The first-order valence-electron chi connectivity index (χ1n) is 7.87. The zero-order chi connectivity index (χ0) is 16.6. The number of nitrogens with zero attached hydrogens (tertiary/aromatic N) is 1. The van der Waals surface area contributed by atoms with E-state index in [1.807, 2.05) is 32.0 Å². The maximum atomic E-state index is 12.4. The molecule has 0 saturated carbocycles. The van der Waals surface area contributed by atoms with Gasteiger partial charge in [-0.1, -0.05) is 12.1 Å². The van der Waals surface area contributed by atoms with Crippen LogP contribution in [0.3, 0.4) is 0 Å². The molecular formula is C17H21N3O3. The Morgan fingerprint density at radius 2 is 2.04 bits per heavy atom. The van der Waals surface area contributed by atoms with Gasteiger partial charge >= 0.3 is 0 Å². The van der Waals surface area contributed by atoms with Crippen molar-refractivity contribution >= 4 is 29.1 Å². The number of rotatable bonds is 3. The van der Waals surface area contributed by atoms with Crippen molar-refractivity contribution in [3.63, 3.8) is 0 Å². The fourth-order valence-electron chi connectivity index (χ4n) is 3.06. The van der Waals surface area contributed by atoms with Crippen molar-refractivity contribution in [2.45, 2.75) is 26.7 Å². The lowest BCUT2D eigenvalue weighted by Gasteiger charge is -2.45. The summed E-state index contributed by atoms with van der Waals surface area (Å²) in [6, 6.07) is 7.28. The zero-order valence-corrected chi connectivity index (χ0v) is 13.4. The number of benzene rings is 1. The number of β-lactam (4-membered cyclic amide) rings is 1. The third-order valence-corrected chi connectivity index (χ3v) is 4.45. The molecule has 0 spiro atoms. The van der Waals surface area contributed by atoms with E-state index < -0.39 is 0 Å². The van der Waals surface area contributed by atoms with Crippen LogP contribution in [0.4, 0.5) is 11.4 Å². The van der Waals surface area contributed by atoms with Gasteiger partial charge in [0.1, 0.15) is 0 Å². The minimum atomic E-state index is -0.349. The molecule has 3 amide bonds. The summed E-state index contributed by atoms with van der Waals surface area (Å²) in [5, 5.41) is 5.61. The van der Waals surface area contributed by atoms with E-state index in [1.165, 1.54) is 0 Å². The molecule has 0 aliphatic carbocycles. The first kappa shape index (κ1) is 15.5. The van der Waals surface area contributed by atoms with Crippen molar-refractivity contribution in [3.05, 3.63) is 24.3 Å². The molecule has 6 heteroatoms. The molecule has 122 valence electrons. The molecule has 23 heavy (non-hydrogen) atoms. The van der Waals surface area contributed by atoms with Gasteiger partial charge in [0.2, 0.25) is 17.7 Å². The van der Waals surface area contributed by atoms with Crippen LogP contribution in [-0.2, 0) is 14.4 Å². The van der Waals surface area contributed by atoms with Crippen molar-refractivity contribution in [1.29, 1.82) is 0 Å². The summed E-state index contributed by atoms with van der Waals surface area (Å²) in [6.07, 6.45) is 0.846. The highest BCUT2D eigenvalue weighted by atomic mass is 16.2. The van der Waals surface area contributed by atoms with Crippen LogP contribution < -0.4 is 15.5 Å². The molecule has 1 unspecified atom stereocenters. The second kappa shape index (κ2) is 5.68. The minimum absolute atomic E-state index is 0.0521. The Kier molecular flexibility index (Phi) is 3.83. The number of carbonyl (C=O) groups is 3. The second-order valence-corrected chi connectivity index (χ2v) is 6.82. The predicted octanol–water partition coefficient (Wildman–Crippen LogP) is 1.52. The van der Waals surface area contributed by atoms with Gasteiger partial charge in [0.05, 0.1) is 16.8 Å². The van der Waals surface area contributed by atoms with E-state index in [4.69, 9.17) is 0 Å². The smallest absolute Gasteiger partial charge is 0.234 e. The van der Waals surface area contributed by atoms with Gasteiger partial charge < -0.3 is 15.5 Å². The minimum Gasteiger partial charge on any atom is -0.356 e. The van der Waals surface area contributed by atoms with Crippen molar-refractivity contribution < 1.29 is 14.4 Å². The number of para-hydroxylation sites is 2. The van der Waals surface area contributed by atoms with Crippen molar-refractivity contribution in [2.75, 3.05) is 23.3 Å². The van der Waals surface area contributed by atoms with E-state index in [-0.39, 0.29) is 35.5 Å². The molecule has 0 bridgehead atoms. The highest BCUT2D eigenvalue weighted by Crippen LogP contribution is 2.38. The van der Waals surface area contributed by atoms with Gasteiger partial charge in [-0.15, -0.1) is 0 Å². The normalized spacial score (nSPS) is 23.0. The largest absolute Gasteiger partial charge is 0.356 e. The van der Waals surface area contributed by atoms with Crippen LogP contribution in [0.1, 0.15) is 26.7 Å². The number of carbonyl (C=O) groups excluding carboxylic acids is 3. The molecule has 0 radical (unpaired) electrons. The van der Waals surface area contributed by atoms with E-state index in [9.17, 15) is 14.4 Å². The molecule has 2 saturated heterocycles. The quantitative estimate of drug-likeness (QED) is 0.830. The number of hydrogen-bond donors (Lipinski definition) is 2. The number of amides is 3. The topological polar surface area (TPSA) is 78.5 Å². The molecule has 3 rings (SSSR count). The second-order valence-electron chi connectivity index (χ2n) is 6.82. The monoisotopic (exact) mass is 315 g/mol. The Morgan fingerprint density at radius 1 is 1.30 bits per heavy atom. The summed E-state index contributed by atoms with van der Waals surface area (Å²) in [7, 11) is 0. The van der Waals surface area contributed by atoms with Crippen LogP contribution in [-0.4, -0.2) is 30.8 Å². The average Bonchev–Trinajstić information content (AvgIpc) is 2.53. The average molecular weight is 315 g/mol. The molecule has 6 nitrogen and oxygen atoms in total. The van der Waals surface area contributed by atoms with Crippen molar-refractivity contribution in [3.8, 4) is 0 Å². The lowest BCUT2D eigenvalue weighted by Crippen LogP contribution is -2.58. The molecule has 1 aromatic carbocycles. The van der Waals surface area contributed by atoms with Gasteiger partial charge in [-0.25, -0.2) is 0 Å². The van der Waals surface area contributed by atoms with Crippen molar-refractivity contribution in [1.82, 2.24) is 5.32 Å². The summed E-state index contributed by atoms with van der Waals surface area (Å²) < 4.78 is 0. The van der Waals surface area contributed by atoms with Crippen LogP contribution >= 0.6 is 0 Å². The summed E-state index contributed by atoms with van der Waals surface area (Å²) in [5.41, 5.74) is 0.983. The fraction of sp³-hybridized carbons (Fsp3) is 0.471. The Morgan fingerprint density at radius 3 is 2.70 bits per heavy atom. The third kappa shape index (κ3) is 2.93. The molecule has 1 atom stereocenters. The molecule has 0 aromatic heterocycles. The Bertz CT molecular complexity index is 669. The van der Waals surface area contributed by atoms with Gasteiger partial charge in [-0.3, -0.25) is 14.4 Å². The van der Waals surface area contributed by atoms with Gasteiger partial charge in [0, 0.05) is 25.4 Å². The number of nitrogens with one attached hydrogen (secondary N) is 2. The van der Waals surface area contributed by atoms with Crippen LogP contribution in [0.5, 0.6) is 0 Å². The standard InChI is InChI=1S/C17H21N3O3/c1-17(2)10-20(16(17)23)13-6-4-3-5-12(13)19-15(22)11-7-8-18-14(21)9-11/h3-6,11H,7-10H2,1-2H3,(H,18,21)(H,19,22). The van der Waals surface area contributed by atoms with Gasteiger partial charge in [-0.2, -0.15) is 0 Å². The third-order valence-electron chi connectivity index (χ3n) is 4.45. The van der Waals surface area contributed by atoms with E-state index in [0.29, 0.717) is 30.9 Å². The van der Waals surface area contributed by atoms with Gasteiger partial charge in [-0.05, 0) is 32.4 Å². The molecule has 2 heterocycles. The van der Waals surface area contributed by atoms with E-state index in [1.54, 1.807) is 11.0 Å². The Labute approximate surface area is 135 Å². The van der Waals surface area contributed by atoms with Crippen LogP contribution in [0, 0.1) is 11.3 Å². The molecule has 2 aliphatic heterocycles. The predicted molar refractivity (Wildman–Crippen MR) is 86.9 cm³/mol. The summed E-state index contributed by atoms with van der Waals surface area (Å²) >= 11 is 0. The maximum absolute atomic E-state index is 12.4.